The minimum atomic E-state index is -3.12. The number of rotatable bonds is 7. The van der Waals surface area contributed by atoms with Gasteiger partial charge in [0.15, 0.2) is 15.9 Å². The lowest BCUT2D eigenvalue weighted by molar-refractivity contribution is -0.140. The molecule has 0 aromatic heterocycles. The van der Waals surface area contributed by atoms with E-state index in [-0.39, 0.29) is 23.5 Å². The second-order valence-electron chi connectivity index (χ2n) is 7.41. The fourth-order valence-electron chi connectivity index (χ4n) is 3.49. The molecule has 0 N–H and O–H groups in total. The smallest absolute Gasteiger partial charge is 0.263 e. The maximum absolute atomic E-state index is 13.2. The molecular formula is C22H26ClNO4S. The maximum Gasteiger partial charge on any atom is 0.263 e. The summed E-state index contributed by atoms with van der Waals surface area (Å²) >= 11 is 5.96. The molecule has 0 radical (unpaired) electrons. The van der Waals surface area contributed by atoms with Crippen molar-refractivity contribution >= 4 is 27.3 Å². The quantitative estimate of drug-likeness (QED) is 0.661. The van der Waals surface area contributed by atoms with Crippen LogP contribution < -0.4 is 4.74 Å². The predicted octanol–water partition coefficient (Wildman–Crippen LogP) is 3.89. The number of amides is 1. The summed E-state index contributed by atoms with van der Waals surface area (Å²) in [5, 5.41) is 0.613. The monoisotopic (exact) mass is 435 g/mol. The average Bonchev–Trinajstić information content (AvgIpc) is 3.07. The molecule has 156 valence electrons. The zero-order valence-electron chi connectivity index (χ0n) is 16.7. The van der Waals surface area contributed by atoms with Gasteiger partial charge in [-0.15, -0.1) is 0 Å². The molecule has 0 bridgehead atoms. The van der Waals surface area contributed by atoms with Crippen molar-refractivity contribution in [3.05, 3.63) is 64.7 Å². The van der Waals surface area contributed by atoms with Gasteiger partial charge in [-0.25, -0.2) is 8.42 Å². The molecule has 2 atom stereocenters. The van der Waals surface area contributed by atoms with E-state index in [1.54, 1.807) is 24.0 Å². The van der Waals surface area contributed by atoms with Crippen molar-refractivity contribution in [2.45, 2.75) is 45.4 Å². The van der Waals surface area contributed by atoms with E-state index < -0.39 is 15.9 Å². The van der Waals surface area contributed by atoms with Crippen molar-refractivity contribution in [1.82, 2.24) is 4.90 Å². The van der Waals surface area contributed by atoms with E-state index in [1.807, 2.05) is 36.4 Å². The van der Waals surface area contributed by atoms with Gasteiger partial charge >= 0.3 is 0 Å². The molecule has 0 aliphatic carbocycles. The molecule has 3 rings (SSSR count). The van der Waals surface area contributed by atoms with Crippen molar-refractivity contribution in [3.63, 3.8) is 0 Å². The van der Waals surface area contributed by atoms with E-state index in [9.17, 15) is 13.2 Å². The first-order valence-corrected chi connectivity index (χ1v) is 12.0. The predicted molar refractivity (Wildman–Crippen MR) is 115 cm³/mol. The first kappa shape index (κ1) is 21.7. The molecule has 1 amide bonds. The third-order valence-corrected chi connectivity index (χ3v) is 7.19. The standard InChI is InChI=1S/C22H26ClNO4S/c1-3-17-6-10-21(11-7-17)28-16(2)22(25)24(20-12-13-29(26,27)15-20)14-18-4-8-19(23)9-5-18/h4-11,16,20H,3,12-15H2,1-2H3. The van der Waals surface area contributed by atoms with E-state index in [2.05, 4.69) is 6.92 Å². The summed E-state index contributed by atoms with van der Waals surface area (Å²) in [6.07, 6.45) is 0.650. The first-order valence-electron chi connectivity index (χ1n) is 9.78. The molecule has 1 fully saturated rings. The van der Waals surface area contributed by atoms with Gasteiger partial charge in [-0.1, -0.05) is 42.8 Å². The Morgan fingerprint density at radius 3 is 2.31 bits per heavy atom. The van der Waals surface area contributed by atoms with Gasteiger partial charge in [0.05, 0.1) is 11.5 Å². The molecule has 1 heterocycles. The highest BCUT2D eigenvalue weighted by molar-refractivity contribution is 7.91. The van der Waals surface area contributed by atoms with Crippen LogP contribution in [-0.4, -0.2) is 42.9 Å². The number of sulfone groups is 1. The molecule has 5 nitrogen and oxygen atoms in total. The van der Waals surface area contributed by atoms with Gasteiger partial charge in [0.2, 0.25) is 0 Å². The van der Waals surface area contributed by atoms with Gasteiger partial charge in [0.25, 0.3) is 5.91 Å². The van der Waals surface area contributed by atoms with Gasteiger partial charge < -0.3 is 9.64 Å². The topological polar surface area (TPSA) is 63.7 Å². The van der Waals surface area contributed by atoms with Crippen molar-refractivity contribution in [1.29, 1.82) is 0 Å². The van der Waals surface area contributed by atoms with Gasteiger partial charge in [-0.05, 0) is 55.2 Å². The Bertz CT molecular complexity index is 942. The van der Waals surface area contributed by atoms with Crippen LogP contribution in [0.2, 0.25) is 5.02 Å². The minimum Gasteiger partial charge on any atom is -0.481 e. The van der Waals surface area contributed by atoms with Crippen LogP contribution in [0, 0.1) is 0 Å². The number of carbonyl (C=O) groups excluding carboxylic acids is 1. The molecule has 2 unspecified atom stereocenters. The number of aryl methyl sites for hydroxylation is 1. The van der Waals surface area contributed by atoms with Crippen LogP contribution in [0.25, 0.3) is 0 Å². The number of halogens is 1. The lowest BCUT2D eigenvalue weighted by atomic mass is 10.1. The summed E-state index contributed by atoms with van der Waals surface area (Å²) in [4.78, 5) is 14.9. The van der Waals surface area contributed by atoms with Gasteiger partial charge in [0, 0.05) is 17.6 Å². The third-order valence-electron chi connectivity index (χ3n) is 5.19. The van der Waals surface area contributed by atoms with E-state index >= 15 is 0 Å². The second-order valence-corrected chi connectivity index (χ2v) is 10.1. The van der Waals surface area contributed by atoms with Gasteiger partial charge in [-0.2, -0.15) is 0 Å². The van der Waals surface area contributed by atoms with E-state index in [1.165, 1.54) is 5.56 Å². The minimum absolute atomic E-state index is 0.00968. The largest absolute Gasteiger partial charge is 0.481 e. The van der Waals surface area contributed by atoms with E-state index in [0.717, 1.165) is 12.0 Å². The highest BCUT2D eigenvalue weighted by atomic mass is 35.5. The first-order chi connectivity index (χ1) is 13.8. The van der Waals surface area contributed by atoms with Crippen LogP contribution in [0.3, 0.4) is 0 Å². The Kier molecular flexibility index (Phi) is 6.85. The van der Waals surface area contributed by atoms with Crippen LogP contribution in [0.5, 0.6) is 5.75 Å². The summed E-state index contributed by atoms with van der Waals surface area (Å²) in [6.45, 7) is 4.10. The van der Waals surface area contributed by atoms with Crippen LogP contribution >= 0.6 is 11.6 Å². The average molecular weight is 436 g/mol. The maximum atomic E-state index is 13.2. The summed E-state index contributed by atoms with van der Waals surface area (Å²) in [7, 11) is -3.12. The second kappa shape index (κ2) is 9.18. The highest BCUT2D eigenvalue weighted by Gasteiger charge is 2.36. The number of hydrogen-bond donors (Lipinski definition) is 0. The number of nitrogens with zero attached hydrogens (tertiary/aromatic N) is 1. The summed E-state index contributed by atoms with van der Waals surface area (Å²) in [6, 6.07) is 14.5. The Morgan fingerprint density at radius 2 is 1.76 bits per heavy atom. The molecule has 2 aromatic carbocycles. The van der Waals surface area contributed by atoms with Crippen LogP contribution in [-0.2, 0) is 27.6 Å². The van der Waals surface area contributed by atoms with Crippen molar-refractivity contribution in [2.75, 3.05) is 11.5 Å². The number of hydrogen-bond acceptors (Lipinski definition) is 4. The fourth-order valence-corrected chi connectivity index (χ4v) is 5.34. The van der Waals surface area contributed by atoms with Crippen molar-refractivity contribution in [2.24, 2.45) is 0 Å². The fraction of sp³-hybridized carbons (Fsp3) is 0.409. The lowest BCUT2D eigenvalue weighted by Crippen LogP contribution is -2.46. The summed E-state index contributed by atoms with van der Waals surface area (Å²) in [5.41, 5.74) is 2.09. The van der Waals surface area contributed by atoms with Crippen LogP contribution in [0.1, 0.15) is 31.4 Å². The molecule has 29 heavy (non-hydrogen) atoms. The molecule has 7 heteroatoms. The van der Waals surface area contributed by atoms with E-state index in [0.29, 0.717) is 23.7 Å². The van der Waals surface area contributed by atoms with Gasteiger partial charge in [0.1, 0.15) is 5.75 Å². The molecule has 1 aliphatic rings. The summed E-state index contributed by atoms with van der Waals surface area (Å²) in [5.74, 6) is 0.496. The number of benzene rings is 2. The SMILES string of the molecule is CCc1ccc(OC(C)C(=O)N(Cc2ccc(Cl)cc2)C2CCS(=O)(=O)C2)cc1. The van der Waals surface area contributed by atoms with Crippen LogP contribution in [0.15, 0.2) is 48.5 Å². The third kappa shape index (κ3) is 5.73. The summed E-state index contributed by atoms with van der Waals surface area (Å²) < 4.78 is 29.9. The Morgan fingerprint density at radius 1 is 1.14 bits per heavy atom. The molecular weight excluding hydrogens is 410 g/mol. The van der Waals surface area contributed by atoms with Crippen LogP contribution in [0.4, 0.5) is 0 Å². The molecule has 2 aromatic rings. The number of ether oxygens (including phenoxy) is 1. The zero-order valence-corrected chi connectivity index (χ0v) is 18.2. The molecule has 1 saturated heterocycles. The number of carbonyl (C=O) groups is 1. The van der Waals surface area contributed by atoms with Crippen molar-refractivity contribution < 1.29 is 17.9 Å². The van der Waals surface area contributed by atoms with E-state index in [4.69, 9.17) is 16.3 Å². The van der Waals surface area contributed by atoms with Gasteiger partial charge in [-0.3, -0.25) is 4.79 Å². The molecule has 1 aliphatic heterocycles. The Balaban J connectivity index is 1.77. The molecule has 0 spiro atoms. The Hall–Kier alpha value is -2.05. The van der Waals surface area contributed by atoms with Crippen molar-refractivity contribution in [3.8, 4) is 5.75 Å². The Labute approximate surface area is 177 Å². The molecule has 0 saturated carbocycles. The highest BCUT2D eigenvalue weighted by Crippen LogP contribution is 2.23. The zero-order chi connectivity index (χ0) is 21.0. The lowest BCUT2D eigenvalue weighted by Gasteiger charge is -2.31. The normalized spacial score (nSPS) is 18.9.